The minimum absolute atomic E-state index is 0.102. The average Bonchev–Trinajstić information content (AvgIpc) is 3.40. The van der Waals surface area contributed by atoms with E-state index in [0.29, 0.717) is 5.25 Å². The van der Waals surface area contributed by atoms with Gasteiger partial charge in [0.2, 0.25) is 5.88 Å². The number of hydrogen-bond donors (Lipinski definition) is 1. The normalized spacial score (nSPS) is 13.4. The van der Waals surface area contributed by atoms with E-state index in [1.807, 2.05) is 0 Å². The number of carbonyl (C=O) groups is 1. The van der Waals surface area contributed by atoms with Crippen molar-refractivity contribution in [1.82, 2.24) is 9.71 Å². The highest BCUT2D eigenvalue weighted by Gasteiger charge is 2.24. The minimum Gasteiger partial charge on any atom is -0.480 e. The molecule has 0 spiro atoms. The quantitative estimate of drug-likeness (QED) is 0.748. The second-order valence-corrected chi connectivity index (χ2v) is 6.79. The largest absolute Gasteiger partial charge is 0.480 e. The van der Waals surface area contributed by atoms with Gasteiger partial charge in [0.05, 0.1) is 18.9 Å². The van der Waals surface area contributed by atoms with Gasteiger partial charge in [0, 0.05) is 17.4 Å². The number of pyridine rings is 1. The van der Waals surface area contributed by atoms with Crippen LogP contribution in [0.3, 0.4) is 0 Å². The second kappa shape index (κ2) is 7.45. The third-order valence-corrected chi connectivity index (χ3v) is 4.69. The molecule has 0 radical (unpaired) electrons. The van der Waals surface area contributed by atoms with E-state index in [1.54, 1.807) is 0 Å². The maximum atomic E-state index is 14.2. The van der Waals surface area contributed by atoms with Crippen molar-refractivity contribution in [3.8, 4) is 17.4 Å². The summed E-state index contributed by atoms with van der Waals surface area (Å²) in [5, 5.41) is 0.515. The van der Waals surface area contributed by atoms with Gasteiger partial charge < -0.3 is 9.47 Å². The van der Waals surface area contributed by atoms with E-state index >= 15 is 0 Å². The first-order valence-corrected chi connectivity index (χ1v) is 8.56. The van der Waals surface area contributed by atoms with Crippen LogP contribution in [-0.2, 0) is 0 Å². The van der Waals surface area contributed by atoms with Crippen LogP contribution < -0.4 is 14.2 Å². The van der Waals surface area contributed by atoms with E-state index in [2.05, 4.69) is 9.71 Å². The van der Waals surface area contributed by atoms with Gasteiger partial charge in [0.1, 0.15) is 16.6 Å². The maximum Gasteiger partial charge on any atom is 0.264 e. The average molecular weight is 387 g/mol. The Morgan fingerprint density at radius 3 is 2.72 bits per heavy atom. The molecule has 1 aliphatic rings. The van der Waals surface area contributed by atoms with E-state index in [4.69, 9.17) is 21.1 Å². The Morgan fingerprint density at radius 2 is 2.08 bits per heavy atom. The zero-order valence-corrected chi connectivity index (χ0v) is 14.6. The SMILES string of the molecule is COc1ncc(Oc2cc(F)c(C(=O)NSC3CC3)cc2F)cc1Cl. The summed E-state index contributed by atoms with van der Waals surface area (Å²) in [6.45, 7) is 0. The Bertz CT molecular complexity index is 818. The van der Waals surface area contributed by atoms with Gasteiger partial charge in [-0.1, -0.05) is 11.6 Å². The maximum absolute atomic E-state index is 14.2. The number of aromatic nitrogens is 1. The molecular formula is C16H13ClF2N2O3S. The number of ether oxygens (including phenoxy) is 2. The van der Waals surface area contributed by atoms with Crippen molar-refractivity contribution in [2.24, 2.45) is 0 Å². The number of halogens is 3. The molecule has 5 nitrogen and oxygen atoms in total. The molecule has 9 heteroatoms. The Balaban J connectivity index is 1.77. The van der Waals surface area contributed by atoms with Crippen molar-refractivity contribution >= 4 is 29.5 Å². The highest BCUT2D eigenvalue weighted by atomic mass is 35.5. The molecule has 2 aromatic rings. The first-order valence-electron chi connectivity index (χ1n) is 7.30. The molecule has 132 valence electrons. The molecule has 1 aromatic carbocycles. The molecule has 1 N–H and O–H groups in total. The Hall–Kier alpha value is -2.06. The van der Waals surface area contributed by atoms with Gasteiger partial charge in [-0.25, -0.2) is 13.8 Å². The van der Waals surface area contributed by atoms with Gasteiger partial charge in [-0.2, -0.15) is 0 Å². The fourth-order valence-corrected chi connectivity index (χ4v) is 2.89. The molecule has 0 aliphatic heterocycles. The molecule has 0 saturated heterocycles. The highest BCUT2D eigenvalue weighted by Crippen LogP contribution is 2.33. The predicted octanol–water partition coefficient (Wildman–Crippen LogP) is 4.35. The summed E-state index contributed by atoms with van der Waals surface area (Å²) in [6.07, 6.45) is 3.27. The van der Waals surface area contributed by atoms with Crippen LogP contribution in [0.1, 0.15) is 23.2 Å². The Kier molecular flexibility index (Phi) is 5.29. The summed E-state index contributed by atoms with van der Waals surface area (Å²) in [5.41, 5.74) is -0.385. The van der Waals surface area contributed by atoms with E-state index < -0.39 is 17.5 Å². The smallest absolute Gasteiger partial charge is 0.264 e. The first-order chi connectivity index (χ1) is 12.0. The van der Waals surface area contributed by atoms with Crippen LogP contribution in [-0.4, -0.2) is 23.3 Å². The molecule has 1 heterocycles. The lowest BCUT2D eigenvalue weighted by atomic mass is 10.2. The number of carbonyl (C=O) groups excluding carboxylic acids is 1. The number of amides is 1. The lowest BCUT2D eigenvalue weighted by Gasteiger charge is -2.10. The molecular weight excluding hydrogens is 374 g/mol. The highest BCUT2D eigenvalue weighted by molar-refractivity contribution is 7.98. The van der Waals surface area contributed by atoms with E-state index in [0.717, 1.165) is 25.0 Å². The summed E-state index contributed by atoms with van der Waals surface area (Å²) in [5.74, 6) is -2.56. The summed E-state index contributed by atoms with van der Waals surface area (Å²) in [6, 6.07) is 2.97. The van der Waals surface area contributed by atoms with Crippen molar-refractivity contribution in [3.63, 3.8) is 0 Å². The molecule has 1 saturated carbocycles. The molecule has 1 fully saturated rings. The first kappa shape index (κ1) is 17.8. The lowest BCUT2D eigenvalue weighted by molar-refractivity contribution is 0.0980. The number of rotatable bonds is 6. The van der Waals surface area contributed by atoms with Crippen molar-refractivity contribution in [3.05, 3.63) is 46.6 Å². The second-order valence-electron chi connectivity index (χ2n) is 5.28. The molecule has 25 heavy (non-hydrogen) atoms. The minimum atomic E-state index is -0.891. The number of hydrogen-bond acceptors (Lipinski definition) is 5. The Morgan fingerprint density at radius 1 is 1.32 bits per heavy atom. The molecule has 1 aliphatic carbocycles. The monoisotopic (exact) mass is 386 g/mol. The van der Waals surface area contributed by atoms with Crippen molar-refractivity contribution < 1.29 is 23.0 Å². The van der Waals surface area contributed by atoms with Gasteiger partial charge in [-0.05, 0) is 30.9 Å². The van der Waals surface area contributed by atoms with Gasteiger partial charge in [0.15, 0.2) is 11.6 Å². The summed E-state index contributed by atoms with van der Waals surface area (Å²) in [4.78, 5) is 15.8. The van der Waals surface area contributed by atoms with Crippen LogP contribution in [0.15, 0.2) is 24.4 Å². The molecule has 0 bridgehead atoms. The Labute approximate surface area is 151 Å². The molecule has 0 unspecified atom stereocenters. The topological polar surface area (TPSA) is 60.5 Å². The van der Waals surface area contributed by atoms with Gasteiger partial charge in [0.25, 0.3) is 5.91 Å². The van der Waals surface area contributed by atoms with Gasteiger partial charge in [-0.3, -0.25) is 9.52 Å². The lowest BCUT2D eigenvalue weighted by Crippen LogP contribution is -2.18. The van der Waals surface area contributed by atoms with Crippen LogP contribution in [0.2, 0.25) is 5.02 Å². The number of benzene rings is 1. The fourth-order valence-electron chi connectivity index (χ4n) is 1.90. The van der Waals surface area contributed by atoms with E-state index in [9.17, 15) is 13.6 Å². The van der Waals surface area contributed by atoms with E-state index in [-0.39, 0.29) is 28.0 Å². The third kappa shape index (κ3) is 4.32. The molecule has 0 atom stereocenters. The fraction of sp³-hybridized carbons (Fsp3) is 0.250. The van der Waals surface area contributed by atoms with Crippen molar-refractivity contribution in [2.75, 3.05) is 7.11 Å². The summed E-state index contributed by atoms with van der Waals surface area (Å²) in [7, 11) is 1.40. The predicted molar refractivity (Wildman–Crippen MR) is 90.3 cm³/mol. The molecule has 1 amide bonds. The zero-order chi connectivity index (χ0) is 18.0. The number of nitrogens with one attached hydrogen (secondary N) is 1. The molecule has 3 rings (SSSR count). The van der Waals surface area contributed by atoms with Crippen molar-refractivity contribution in [2.45, 2.75) is 18.1 Å². The van der Waals surface area contributed by atoms with Crippen LogP contribution in [0.4, 0.5) is 8.78 Å². The summed E-state index contributed by atoms with van der Waals surface area (Å²) < 4.78 is 41.0. The molecule has 1 aromatic heterocycles. The standard InChI is InChI=1S/C16H13ClF2N2O3S/c1-23-16-11(17)4-8(7-20-16)24-14-6-12(18)10(5-13(14)19)15(22)21-25-9-2-3-9/h4-7,9H,2-3H2,1H3,(H,21,22). The van der Waals surface area contributed by atoms with Crippen LogP contribution in [0, 0.1) is 11.6 Å². The van der Waals surface area contributed by atoms with Gasteiger partial charge in [-0.15, -0.1) is 0 Å². The van der Waals surface area contributed by atoms with Crippen LogP contribution >= 0.6 is 23.5 Å². The van der Waals surface area contributed by atoms with Crippen LogP contribution in [0.25, 0.3) is 0 Å². The van der Waals surface area contributed by atoms with E-state index in [1.165, 1.54) is 31.3 Å². The van der Waals surface area contributed by atoms with Crippen LogP contribution in [0.5, 0.6) is 17.4 Å². The van der Waals surface area contributed by atoms with Gasteiger partial charge >= 0.3 is 0 Å². The zero-order valence-electron chi connectivity index (χ0n) is 13.0. The number of methoxy groups -OCH3 is 1. The number of nitrogens with zero attached hydrogens (tertiary/aromatic N) is 1. The third-order valence-electron chi connectivity index (χ3n) is 3.31. The summed E-state index contributed by atoms with van der Waals surface area (Å²) >= 11 is 7.13. The van der Waals surface area contributed by atoms with Crippen molar-refractivity contribution in [1.29, 1.82) is 0 Å².